The molecule has 0 aliphatic rings. The summed E-state index contributed by atoms with van der Waals surface area (Å²) in [6, 6.07) is 25.3. The Kier molecular flexibility index (Phi) is 6.19. The maximum absolute atomic E-state index is 6.15. The molecule has 2 N–H and O–H groups in total. The molecule has 0 heterocycles. The number of rotatable bonds is 7. The van der Waals surface area contributed by atoms with Crippen molar-refractivity contribution in [3.05, 3.63) is 94.5 Å². The summed E-state index contributed by atoms with van der Waals surface area (Å²) in [5, 5.41) is 7.78. The van der Waals surface area contributed by atoms with Crippen LogP contribution in [0.5, 0.6) is 0 Å². The second kappa shape index (κ2) is 8.77. The molecule has 0 saturated carbocycles. The summed E-state index contributed by atoms with van der Waals surface area (Å²) in [7, 11) is 0. The number of nitrogens with one attached hydrogen (secondary N) is 2. The first-order chi connectivity index (χ1) is 12.7. The molecular weight excluding hydrogens is 340 g/mol. The van der Waals surface area contributed by atoms with Crippen molar-refractivity contribution >= 4 is 23.0 Å². The van der Waals surface area contributed by atoms with Crippen LogP contribution in [0.15, 0.2) is 72.8 Å². The van der Waals surface area contributed by atoms with Crippen molar-refractivity contribution in [1.29, 1.82) is 0 Å². The van der Waals surface area contributed by atoms with Crippen LogP contribution in [0.3, 0.4) is 0 Å². The largest absolute Gasteiger partial charge is 0.385 e. The highest BCUT2D eigenvalue weighted by molar-refractivity contribution is 6.30. The Morgan fingerprint density at radius 3 is 1.62 bits per heavy atom. The topological polar surface area (TPSA) is 24.1 Å². The molecule has 3 aromatic carbocycles. The molecule has 3 aromatic rings. The van der Waals surface area contributed by atoms with Crippen LogP contribution >= 0.6 is 11.6 Å². The van der Waals surface area contributed by atoms with Gasteiger partial charge in [-0.2, -0.15) is 0 Å². The molecule has 0 saturated heterocycles. The second-order valence-electron chi connectivity index (χ2n) is 6.22. The Hall–Kier alpha value is -2.45. The molecule has 0 aliphatic carbocycles. The Morgan fingerprint density at radius 1 is 0.692 bits per heavy atom. The third-order valence-corrected chi connectivity index (χ3v) is 4.73. The summed E-state index contributed by atoms with van der Waals surface area (Å²) in [6.45, 7) is 6.03. The maximum Gasteiger partial charge on any atom is 0.0406 e. The van der Waals surface area contributed by atoms with Gasteiger partial charge in [0, 0.05) is 35.4 Å². The summed E-state index contributed by atoms with van der Waals surface area (Å²) in [4.78, 5) is 0. The van der Waals surface area contributed by atoms with Gasteiger partial charge >= 0.3 is 0 Å². The van der Waals surface area contributed by atoms with E-state index >= 15 is 0 Å². The van der Waals surface area contributed by atoms with Crippen LogP contribution in [0.2, 0.25) is 5.02 Å². The molecule has 0 aliphatic heterocycles. The number of anilines is 2. The van der Waals surface area contributed by atoms with E-state index in [0.29, 0.717) is 0 Å². The fraction of sp³-hybridized carbons (Fsp3) is 0.217. The van der Waals surface area contributed by atoms with Gasteiger partial charge < -0.3 is 10.6 Å². The van der Waals surface area contributed by atoms with Crippen molar-refractivity contribution in [2.45, 2.75) is 19.8 Å². The number of hydrogen-bond acceptors (Lipinski definition) is 2. The van der Waals surface area contributed by atoms with E-state index in [1.807, 2.05) is 12.1 Å². The summed E-state index contributed by atoms with van der Waals surface area (Å²) in [5.74, 6) is 0.123. The van der Waals surface area contributed by atoms with E-state index in [0.717, 1.165) is 18.1 Å². The average Bonchev–Trinajstić information content (AvgIpc) is 2.67. The number of benzene rings is 3. The summed E-state index contributed by atoms with van der Waals surface area (Å²) in [6.07, 6.45) is 0. The number of para-hydroxylation sites is 2. The predicted molar refractivity (Wildman–Crippen MR) is 114 cm³/mol. The highest BCUT2D eigenvalue weighted by Crippen LogP contribution is 2.39. The van der Waals surface area contributed by atoms with Crippen molar-refractivity contribution in [3.8, 4) is 0 Å². The summed E-state index contributed by atoms with van der Waals surface area (Å²) >= 11 is 6.15. The van der Waals surface area contributed by atoms with Crippen LogP contribution in [0.1, 0.15) is 36.5 Å². The molecule has 0 radical (unpaired) electrons. The first-order valence-corrected chi connectivity index (χ1v) is 9.53. The van der Waals surface area contributed by atoms with Gasteiger partial charge in [0.25, 0.3) is 0 Å². The molecule has 0 atom stereocenters. The van der Waals surface area contributed by atoms with E-state index in [-0.39, 0.29) is 5.92 Å². The van der Waals surface area contributed by atoms with Gasteiger partial charge in [0.15, 0.2) is 0 Å². The van der Waals surface area contributed by atoms with E-state index < -0.39 is 0 Å². The zero-order chi connectivity index (χ0) is 18.4. The minimum atomic E-state index is 0.123. The molecule has 3 heteroatoms. The zero-order valence-electron chi connectivity index (χ0n) is 15.3. The third-order valence-electron chi connectivity index (χ3n) is 4.48. The fourth-order valence-electron chi connectivity index (χ4n) is 3.38. The van der Waals surface area contributed by atoms with E-state index in [4.69, 9.17) is 11.6 Å². The first-order valence-electron chi connectivity index (χ1n) is 9.15. The van der Waals surface area contributed by atoms with Crippen LogP contribution in [0.4, 0.5) is 11.4 Å². The Bertz CT molecular complexity index is 793. The van der Waals surface area contributed by atoms with Gasteiger partial charge in [-0.05, 0) is 54.8 Å². The summed E-state index contributed by atoms with van der Waals surface area (Å²) < 4.78 is 0. The average molecular weight is 365 g/mol. The van der Waals surface area contributed by atoms with E-state index in [1.165, 1.54) is 28.1 Å². The normalized spacial score (nSPS) is 10.8. The van der Waals surface area contributed by atoms with Gasteiger partial charge in [0.05, 0.1) is 0 Å². The van der Waals surface area contributed by atoms with E-state index in [2.05, 4.69) is 85.1 Å². The molecule has 26 heavy (non-hydrogen) atoms. The zero-order valence-corrected chi connectivity index (χ0v) is 16.1. The Labute approximate surface area is 161 Å². The number of hydrogen-bond donors (Lipinski definition) is 2. The van der Waals surface area contributed by atoms with Crippen molar-refractivity contribution in [2.75, 3.05) is 23.7 Å². The summed E-state index contributed by atoms with van der Waals surface area (Å²) in [5.41, 5.74) is 6.09. The van der Waals surface area contributed by atoms with Gasteiger partial charge in [0.2, 0.25) is 0 Å². The van der Waals surface area contributed by atoms with E-state index in [9.17, 15) is 0 Å². The van der Waals surface area contributed by atoms with Crippen LogP contribution in [-0.2, 0) is 0 Å². The molecule has 0 bridgehead atoms. The highest BCUT2D eigenvalue weighted by atomic mass is 35.5. The number of halogens is 1. The molecule has 0 aromatic heterocycles. The first kappa shape index (κ1) is 18.3. The predicted octanol–water partition coefficient (Wildman–Crippen LogP) is 6.38. The molecule has 0 fully saturated rings. The monoisotopic (exact) mass is 364 g/mol. The van der Waals surface area contributed by atoms with E-state index in [1.54, 1.807) is 0 Å². The molecule has 2 nitrogen and oxygen atoms in total. The highest BCUT2D eigenvalue weighted by Gasteiger charge is 2.22. The fourth-order valence-corrected chi connectivity index (χ4v) is 3.51. The quantitative estimate of drug-likeness (QED) is 0.475. The molecule has 0 unspecified atom stereocenters. The smallest absolute Gasteiger partial charge is 0.0406 e. The standard InChI is InChI=1S/C23H25ClN2/c1-3-25-21-11-7-5-9-19(21)23(17-13-15-18(24)16-14-17)20-10-6-8-12-22(20)26-4-2/h5-16,23,25-26H,3-4H2,1-2H3. The second-order valence-corrected chi connectivity index (χ2v) is 6.66. The van der Waals surface area contributed by atoms with Crippen molar-refractivity contribution in [2.24, 2.45) is 0 Å². The van der Waals surface area contributed by atoms with Crippen molar-refractivity contribution < 1.29 is 0 Å². The van der Waals surface area contributed by atoms with Crippen LogP contribution < -0.4 is 10.6 Å². The molecular formula is C23H25ClN2. The lowest BCUT2D eigenvalue weighted by atomic mass is 9.83. The lowest BCUT2D eigenvalue weighted by molar-refractivity contribution is 0.970. The van der Waals surface area contributed by atoms with Crippen LogP contribution in [0.25, 0.3) is 0 Å². The Balaban J connectivity index is 2.20. The molecule has 0 amide bonds. The van der Waals surface area contributed by atoms with Gasteiger partial charge in [-0.25, -0.2) is 0 Å². The lowest BCUT2D eigenvalue weighted by Crippen LogP contribution is -2.11. The van der Waals surface area contributed by atoms with Gasteiger partial charge in [-0.3, -0.25) is 0 Å². The molecule has 0 spiro atoms. The minimum absolute atomic E-state index is 0.123. The SMILES string of the molecule is CCNc1ccccc1C(c1ccc(Cl)cc1)c1ccccc1NCC. The molecule has 134 valence electrons. The van der Waals surface area contributed by atoms with Crippen molar-refractivity contribution in [1.82, 2.24) is 0 Å². The Morgan fingerprint density at radius 2 is 1.15 bits per heavy atom. The van der Waals surface area contributed by atoms with Crippen LogP contribution in [0, 0.1) is 0 Å². The van der Waals surface area contributed by atoms with Gasteiger partial charge in [-0.15, -0.1) is 0 Å². The minimum Gasteiger partial charge on any atom is -0.385 e. The van der Waals surface area contributed by atoms with Crippen LogP contribution in [-0.4, -0.2) is 13.1 Å². The van der Waals surface area contributed by atoms with Gasteiger partial charge in [0.1, 0.15) is 0 Å². The van der Waals surface area contributed by atoms with Crippen molar-refractivity contribution in [3.63, 3.8) is 0 Å². The molecule has 3 rings (SSSR count). The third kappa shape index (κ3) is 4.03. The lowest BCUT2D eigenvalue weighted by Gasteiger charge is -2.25. The van der Waals surface area contributed by atoms with Gasteiger partial charge in [-0.1, -0.05) is 60.1 Å². The maximum atomic E-state index is 6.15.